The van der Waals surface area contributed by atoms with Crippen LogP contribution < -0.4 is 5.32 Å². The summed E-state index contributed by atoms with van der Waals surface area (Å²) in [6.45, 7) is 1.59. The van der Waals surface area contributed by atoms with Crippen molar-refractivity contribution in [3.8, 4) is 0 Å². The van der Waals surface area contributed by atoms with E-state index >= 15 is 0 Å². The molecule has 17 atom stereocenters. The molecule has 19 heteroatoms. The maximum absolute atomic E-state index is 13.4. The van der Waals surface area contributed by atoms with Gasteiger partial charge in [-0.1, -0.05) is 216 Å². The SMILES string of the molecule is CC/C=C\C/C=C\C/C=C\C/C=C\CCCCCCCCCCCCCCCCCCC(=O)NC(COC1OC(CO)C(OC2OC(CO)C(OC3OC(CO)C(O)C(O)C3O)C(O)C2O)C(O)C1O)C(O)/C=C/CCCCCCCCCCC. The molecule has 494 valence electrons. The Hall–Kier alpha value is -2.51. The molecule has 0 aromatic carbocycles. The van der Waals surface area contributed by atoms with E-state index in [-0.39, 0.29) is 18.9 Å². The number of aliphatic hydroxyl groups is 11. The van der Waals surface area contributed by atoms with Gasteiger partial charge in [-0.15, -0.1) is 0 Å². The Kier molecular flexibility index (Phi) is 43.7. The van der Waals surface area contributed by atoms with Crippen LogP contribution in [-0.4, -0.2) is 193 Å². The molecule has 3 heterocycles. The van der Waals surface area contributed by atoms with Crippen molar-refractivity contribution in [1.29, 1.82) is 0 Å². The normalized spacial score (nSPS) is 29.4. The highest BCUT2D eigenvalue weighted by Crippen LogP contribution is 2.33. The number of carbonyl (C=O) groups is 1. The van der Waals surface area contributed by atoms with E-state index < -0.39 is 124 Å². The Morgan fingerprint density at radius 3 is 1.27 bits per heavy atom. The predicted molar refractivity (Wildman–Crippen MR) is 328 cm³/mol. The van der Waals surface area contributed by atoms with Crippen molar-refractivity contribution in [1.82, 2.24) is 5.32 Å². The standard InChI is InChI=1S/C66H117NO18/c1-3-5-7-9-11-13-15-16-17-18-19-20-21-22-23-24-25-26-27-28-29-30-31-32-34-36-38-40-42-44-54(72)67-49(50(71)43-41-39-37-35-33-14-12-10-8-6-4-2)48-80-64-60(78)57(75)62(52(46-69)82-64)85-66-61(79)58(76)63(53(47-70)83-66)84-65-59(77)56(74)55(73)51(45-68)81-65/h5,7,11,13,16-17,19-20,41,43,49-53,55-66,68-71,73-79H,3-4,6,8-10,12,14-15,18,21-40,42,44-48H2,1-2H3,(H,67,72)/b7-5-,13-11-,17-16-,20-19-,43-41+. The lowest BCUT2D eigenvalue weighted by Crippen LogP contribution is -2.66. The third-order valence-electron chi connectivity index (χ3n) is 16.3. The molecule has 0 aliphatic carbocycles. The lowest BCUT2D eigenvalue weighted by Gasteiger charge is -2.48. The molecule has 0 saturated carbocycles. The van der Waals surface area contributed by atoms with Crippen LogP contribution in [0.2, 0.25) is 0 Å². The number of unbranched alkanes of at least 4 members (excludes halogenated alkanes) is 25. The van der Waals surface area contributed by atoms with E-state index in [2.05, 4.69) is 67.8 Å². The smallest absolute Gasteiger partial charge is 0.220 e. The van der Waals surface area contributed by atoms with Gasteiger partial charge in [-0.2, -0.15) is 0 Å². The summed E-state index contributed by atoms with van der Waals surface area (Å²) in [5, 5.41) is 120. The third kappa shape index (κ3) is 31.2. The van der Waals surface area contributed by atoms with Crippen LogP contribution in [0.5, 0.6) is 0 Å². The summed E-state index contributed by atoms with van der Waals surface area (Å²) in [6.07, 6.45) is 30.7. The van der Waals surface area contributed by atoms with Crippen LogP contribution in [0.4, 0.5) is 0 Å². The number of allylic oxidation sites excluding steroid dienone is 9. The van der Waals surface area contributed by atoms with Crippen LogP contribution >= 0.6 is 0 Å². The molecule has 0 aromatic rings. The quantitative estimate of drug-likeness (QED) is 0.0206. The van der Waals surface area contributed by atoms with Gasteiger partial charge >= 0.3 is 0 Å². The van der Waals surface area contributed by atoms with Crippen molar-refractivity contribution in [2.24, 2.45) is 0 Å². The lowest BCUT2D eigenvalue weighted by molar-refractivity contribution is -0.379. The van der Waals surface area contributed by atoms with Crippen molar-refractivity contribution in [2.75, 3.05) is 26.4 Å². The van der Waals surface area contributed by atoms with Gasteiger partial charge in [0.2, 0.25) is 5.91 Å². The molecule has 3 fully saturated rings. The first-order chi connectivity index (χ1) is 41.3. The Bertz CT molecular complexity index is 1780. The van der Waals surface area contributed by atoms with E-state index in [0.717, 1.165) is 70.6 Å². The van der Waals surface area contributed by atoms with Gasteiger partial charge in [0.1, 0.15) is 73.2 Å². The first-order valence-corrected chi connectivity index (χ1v) is 33.0. The van der Waals surface area contributed by atoms with Gasteiger partial charge in [0, 0.05) is 6.42 Å². The van der Waals surface area contributed by atoms with Gasteiger partial charge < -0.3 is 89.9 Å². The second-order valence-electron chi connectivity index (χ2n) is 23.6. The third-order valence-corrected chi connectivity index (χ3v) is 16.3. The summed E-state index contributed by atoms with van der Waals surface area (Å²) in [6, 6.07) is -0.973. The minimum atomic E-state index is -1.98. The fourth-order valence-corrected chi connectivity index (χ4v) is 10.9. The van der Waals surface area contributed by atoms with Gasteiger partial charge in [-0.3, -0.25) is 4.79 Å². The summed E-state index contributed by atoms with van der Waals surface area (Å²) in [5.74, 6) is -0.278. The second-order valence-corrected chi connectivity index (χ2v) is 23.6. The molecule has 1 amide bonds. The molecule has 3 rings (SSSR count). The number of carbonyl (C=O) groups excluding carboxylic acids is 1. The summed E-state index contributed by atoms with van der Waals surface area (Å²) in [5.41, 5.74) is 0. The zero-order valence-corrected chi connectivity index (χ0v) is 51.8. The number of aliphatic hydroxyl groups excluding tert-OH is 11. The largest absolute Gasteiger partial charge is 0.394 e. The maximum atomic E-state index is 13.4. The molecule has 0 bridgehead atoms. The van der Waals surface area contributed by atoms with E-state index in [1.807, 2.05) is 6.08 Å². The Morgan fingerprint density at radius 1 is 0.435 bits per heavy atom. The summed E-state index contributed by atoms with van der Waals surface area (Å²) in [4.78, 5) is 13.4. The Labute approximate surface area is 509 Å². The Balaban J connectivity index is 1.38. The highest BCUT2D eigenvalue weighted by molar-refractivity contribution is 5.76. The zero-order valence-electron chi connectivity index (χ0n) is 51.8. The monoisotopic (exact) mass is 1210 g/mol. The summed E-state index contributed by atoms with van der Waals surface area (Å²) in [7, 11) is 0. The predicted octanol–water partition coefficient (Wildman–Crippen LogP) is 7.60. The molecule has 3 aliphatic rings. The average Bonchev–Trinajstić information content (AvgIpc) is 3.05. The van der Waals surface area contributed by atoms with Gasteiger partial charge in [0.15, 0.2) is 18.9 Å². The Morgan fingerprint density at radius 2 is 0.812 bits per heavy atom. The van der Waals surface area contributed by atoms with Gasteiger partial charge in [-0.05, 0) is 57.8 Å². The first kappa shape index (κ1) is 76.7. The minimum Gasteiger partial charge on any atom is -0.394 e. The molecule has 0 radical (unpaired) electrons. The van der Waals surface area contributed by atoms with E-state index in [1.54, 1.807) is 6.08 Å². The van der Waals surface area contributed by atoms with Crippen LogP contribution in [0.25, 0.3) is 0 Å². The van der Waals surface area contributed by atoms with Crippen molar-refractivity contribution < 1.29 is 89.4 Å². The first-order valence-electron chi connectivity index (χ1n) is 33.0. The van der Waals surface area contributed by atoms with E-state index in [4.69, 9.17) is 28.4 Å². The molecule has 3 saturated heterocycles. The van der Waals surface area contributed by atoms with Gasteiger partial charge in [-0.25, -0.2) is 0 Å². The van der Waals surface area contributed by atoms with E-state index in [1.165, 1.54) is 122 Å². The summed E-state index contributed by atoms with van der Waals surface area (Å²) < 4.78 is 34.3. The average molecular weight is 1210 g/mol. The molecule has 19 nitrogen and oxygen atoms in total. The number of nitrogens with one attached hydrogen (secondary N) is 1. The van der Waals surface area contributed by atoms with Crippen molar-refractivity contribution in [3.63, 3.8) is 0 Å². The van der Waals surface area contributed by atoms with Crippen LogP contribution in [0.15, 0.2) is 60.8 Å². The number of hydrogen-bond acceptors (Lipinski definition) is 18. The molecule has 3 aliphatic heterocycles. The highest BCUT2D eigenvalue weighted by Gasteiger charge is 2.53. The molecule has 85 heavy (non-hydrogen) atoms. The molecule has 0 spiro atoms. The zero-order chi connectivity index (χ0) is 61.9. The topological polar surface area (TPSA) is 307 Å². The fraction of sp³-hybridized carbons (Fsp3) is 0.833. The van der Waals surface area contributed by atoms with Gasteiger partial charge in [0.25, 0.3) is 0 Å². The molecular weight excluding hydrogens is 1090 g/mol. The number of ether oxygens (including phenoxy) is 6. The van der Waals surface area contributed by atoms with E-state index in [0.29, 0.717) is 6.42 Å². The molecule has 12 N–H and O–H groups in total. The van der Waals surface area contributed by atoms with E-state index in [9.17, 15) is 61.0 Å². The molecule has 0 aromatic heterocycles. The number of amides is 1. The van der Waals surface area contributed by atoms with Crippen LogP contribution in [0.1, 0.15) is 219 Å². The van der Waals surface area contributed by atoms with Crippen LogP contribution in [0.3, 0.4) is 0 Å². The van der Waals surface area contributed by atoms with Crippen LogP contribution in [0, 0.1) is 0 Å². The molecule has 17 unspecified atom stereocenters. The second kappa shape index (κ2) is 48.4. The minimum absolute atomic E-state index is 0.242. The number of rotatable bonds is 49. The highest BCUT2D eigenvalue weighted by atomic mass is 16.8. The van der Waals surface area contributed by atoms with Crippen LogP contribution in [-0.2, 0) is 33.2 Å². The maximum Gasteiger partial charge on any atom is 0.220 e. The lowest BCUT2D eigenvalue weighted by atomic mass is 9.96. The molecular formula is C66H117NO18. The number of hydrogen-bond donors (Lipinski definition) is 12. The summed E-state index contributed by atoms with van der Waals surface area (Å²) >= 11 is 0. The van der Waals surface area contributed by atoms with Crippen molar-refractivity contribution in [3.05, 3.63) is 60.8 Å². The van der Waals surface area contributed by atoms with Gasteiger partial charge in [0.05, 0.1) is 38.6 Å². The fourth-order valence-electron chi connectivity index (χ4n) is 10.9. The van der Waals surface area contributed by atoms with Crippen molar-refractivity contribution in [2.45, 2.75) is 324 Å². The van der Waals surface area contributed by atoms with Crippen molar-refractivity contribution >= 4 is 5.91 Å².